The molecule has 2 N–H and O–H groups in total. The molecule has 4 nitrogen and oxygen atoms in total. The van der Waals surface area contributed by atoms with Crippen LogP contribution in [0.25, 0.3) is 0 Å². The van der Waals surface area contributed by atoms with Crippen LogP contribution in [0.1, 0.15) is 11.9 Å². The second-order valence-corrected chi connectivity index (χ2v) is 4.71. The van der Waals surface area contributed by atoms with Gasteiger partial charge in [0.15, 0.2) is 6.29 Å². The third kappa shape index (κ3) is 2.08. The fourth-order valence-corrected chi connectivity index (χ4v) is 2.42. The summed E-state index contributed by atoms with van der Waals surface area (Å²) in [5, 5.41) is 19.6. The Bertz CT molecular complexity index is 431. The number of hydrogen-bond acceptors (Lipinski definition) is 4. The van der Waals surface area contributed by atoms with E-state index >= 15 is 0 Å². The Hall–Kier alpha value is -1.20. The van der Waals surface area contributed by atoms with Gasteiger partial charge in [-0.3, -0.25) is 0 Å². The second kappa shape index (κ2) is 4.82. The van der Waals surface area contributed by atoms with Crippen molar-refractivity contribution in [3.63, 3.8) is 0 Å². The van der Waals surface area contributed by atoms with Crippen LogP contribution in [-0.2, 0) is 9.47 Å². The maximum Gasteiger partial charge on any atom is 0.184 e. The maximum absolute atomic E-state index is 9.96. The van der Waals surface area contributed by atoms with Crippen molar-refractivity contribution in [2.75, 3.05) is 6.61 Å². The molecule has 96 valence electrons. The van der Waals surface area contributed by atoms with Gasteiger partial charge in [0, 0.05) is 11.5 Å². The molecule has 1 heterocycles. The highest BCUT2D eigenvalue weighted by Gasteiger charge is 2.40. The van der Waals surface area contributed by atoms with Crippen LogP contribution in [0, 0.1) is 5.92 Å². The van der Waals surface area contributed by atoms with Gasteiger partial charge >= 0.3 is 0 Å². The van der Waals surface area contributed by atoms with Crippen molar-refractivity contribution in [1.82, 2.24) is 0 Å². The molecule has 0 aromatic heterocycles. The van der Waals surface area contributed by atoms with Crippen LogP contribution in [0.15, 0.2) is 42.5 Å². The largest absolute Gasteiger partial charge is 0.387 e. The fraction of sp³-hybridized carbons (Fsp3) is 0.429. The molecule has 5 atom stereocenters. The van der Waals surface area contributed by atoms with Gasteiger partial charge in [-0.25, -0.2) is 0 Å². The van der Waals surface area contributed by atoms with E-state index in [0.29, 0.717) is 6.61 Å². The molecule has 1 saturated heterocycles. The summed E-state index contributed by atoms with van der Waals surface area (Å²) in [5.74, 6) is 0.00311. The fourth-order valence-electron chi connectivity index (χ4n) is 2.42. The monoisotopic (exact) mass is 248 g/mol. The summed E-state index contributed by atoms with van der Waals surface area (Å²) in [4.78, 5) is 0. The molecule has 1 aromatic rings. The van der Waals surface area contributed by atoms with Gasteiger partial charge in [-0.05, 0) is 0 Å². The Morgan fingerprint density at radius 2 is 1.83 bits per heavy atom. The Labute approximate surface area is 105 Å². The van der Waals surface area contributed by atoms with E-state index in [4.69, 9.17) is 9.47 Å². The zero-order valence-electron chi connectivity index (χ0n) is 9.85. The molecule has 2 aliphatic rings. The van der Waals surface area contributed by atoms with Crippen molar-refractivity contribution in [2.24, 2.45) is 5.92 Å². The third-order valence-corrected chi connectivity index (χ3v) is 3.46. The Morgan fingerprint density at radius 1 is 1.06 bits per heavy atom. The molecule has 1 aliphatic heterocycles. The van der Waals surface area contributed by atoms with Crippen LogP contribution in [-0.4, -0.2) is 35.1 Å². The lowest BCUT2D eigenvalue weighted by molar-refractivity contribution is -0.262. The molecule has 1 fully saturated rings. The minimum Gasteiger partial charge on any atom is -0.387 e. The van der Waals surface area contributed by atoms with E-state index in [1.54, 1.807) is 6.08 Å². The molecule has 4 heteroatoms. The van der Waals surface area contributed by atoms with Crippen LogP contribution in [0.5, 0.6) is 0 Å². The SMILES string of the molecule is O[C@H]1[C@@H]2OC(c3ccccc3)OC[C@H]2C=C[C@@H]1O. The highest BCUT2D eigenvalue weighted by molar-refractivity contribution is 5.17. The predicted octanol–water partition coefficient (Wildman–Crippen LogP) is 1.01. The van der Waals surface area contributed by atoms with E-state index in [9.17, 15) is 10.2 Å². The van der Waals surface area contributed by atoms with E-state index < -0.39 is 24.6 Å². The minimum atomic E-state index is -0.893. The lowest BCUT2D eigenvalue weighted by Crippen LogP contribution is -2.50. The number of fused-ring (bicyclic) bond motifs is 1. The Morgan fingerprint density at radius 3 is 2.61 bits per heavy atom. The normalized spacial score (nSPS) is 39.3. The van der Waals surface area contributed by atoms with Crippen LogP contribution in [0.2, 0.25) is 0 Å². The summed E-state index contributed by atoms with van der Waals surface area (Å²) in [6, 6.07) is 9.61. The Balaban J connectivity index is 1.78. The van der Waals surface area contributed by atoms with Crippen molar-refractivity contribution >= 4 is 0 Å². The predicted molar refractivity (Wildman–Crippen MR) is 64.7 cm³/mol. The number of aliphatic hydroxyl groups is 2. The van der Waals surface area contributed by atoms with Gasteiger partial charge in [0.25, 0.3) is 0 Å². The average Bonchev–Trinajstić information content (AvgIpc) is 2.44. The topological polar surface area (TPSA) is 58.9 Å². The smallest absolute Gasteiger partial charge is 0.184 e. The van der Waals surface area contributed by atoms with Crippen LogP contribution >= 0.6 is 0 Å². The number of rotatable bonds is 1. The summed E-state index contributed by atoms with van der Waals surface area (Å²) in [5.41, 5.74) is 0.923. The quantitative estimate of drug-likeness (QED) is 0.728. The van der Waals surface area contributed by atoms with Crippen LogP contribution < -0.4 is 0 Å². The zero-order valence-corrected chi connectivity index (χ0v) is 9.85. The van der Waals surface area contributed by atoms with E-state index in [-0.39, 0.29) is 5.92 Å². The first-order valence-electron chi connectivity index (χ1n) is 6.12. The van der Waals surface area contributed by atoms with Gasteiger partial charge in [-0.15, -0.1) is 0 Å². The van der Waals surface area contributed by atoms with Gasteiger partial charge in [0.05, 0.1) is 12.7 Å². The average molecular weight is 248 g/mol. The van der Waals surface area contributed by atoms with Crippen LogP contribution in [0.4, 0.5) is 0 Å². The first-order chi connectivity index (χ1) is 8.75. The van der Waals surface area contributed by atoms with Gasteiger partial charge in [-0.1, -0.05) is 42.5 Å². The summed E-state index contributed by atoms with van der Waals surface area (Å²) >= 11 is 0. The molecular formula is C14H16O4. The van der Waals surface area contributed by atoms with Crippen molar-refractivity contribution in [2.45, 2.75) is 24.6 Å². The maximum atomic E-state index is 9.96. The van der Waals surface area contributed by atoms with Gasteiger partial charge in [-0.2, -0.15) is 0 Å². The van der Waals surface area contributed by atoms with E-state index in [1.165, 1.54) is 0 Å². The summed E-state index contributed by atoms with van der Waals surface area (Å²) < 4.78 is 11.4. The summed E-state index contributed by atoms with van der Waals surface area (Å²) in [6.45, 7) is 0.491. The van der Waals surface area contributed by atoms with E-state index in [1.807, 2.05) is 36.4 Å². The summed E-state index contributed by atoms with van der Waals surface area (Å²) in [7, 11) is 0. The van der Waals surface area contributed by atoms with Crippen molar-refractivity contribution < 1.29 is 19.7 Å². The molecule has 0 radical (unpaired) electrons. The van der Waals surface area contributed by atoms with Crippen molar-refractivity contribution in [3.8, 4) is 0 Å². The molecule has 0 amide bonds. The molecule has 0 saturated carbocycles. The lowest BCUT2D eigenvalue weighted by Gasteiger charge is -2.41. The summed E-state index contributed by atoms with van der Waals surface area (Å²) in [6.07, 6.45) is 0.811. The lowest BCUT2D eigenvalue weighted by atomic mass is 9.88. The van der Waals surface area contributed by atoms with Crippen molar-refractivity contribution in [1.29, 1.82) is 0 Å². The molecule has 18 heavy (non-hydrogen) atoms. The first-order valence-corrected chi connectivity index (χ1v) is 6.12. The molecular weight excluding hydrogens is 232 g/mol. The molecule has 1 aromatic carbocycles. The number of aliphatic hydroxyl groups excluding tert-OH is 2. The zero-order chi connectivity index (χ0) is 12.5. The van der Waals surface area contributed by atoms with Crippen LogP contribution in [0.3, 0.4) is 0 Å². The van der Waals surface area contributed by atoms with Gasteiger partial charge in [0.2, 0.25) is 0 Å². The van der Waals surface area contributed by atoms with E-state index in [0.717, 1.165) is 5.56 Å². The highest BCUT2D eigenvalue weighted by atomic mass is 16.7. The first kappa shape index (κ1) is 11.9. The number of hydrogen-bond donors (Lipinski definition) is 2. The highest BCUT2D eigenvalue weighted by Crippen LogP contribution is 2.34. The number of ether oxygens (including phenoxy) is 2. The second-order valence-electron chi connectivity index (χ2n) is 4.71. The number of benzene rings is 1. The Kier molecular flexibility index (Phi) is 3.18. The molecule has 0 bridgehead atoms. The van der Waals surface area contributed by atoms with Gasteiger partial charge in [0.1, 0.15) is 12.2 Å². The molecule has 1 aliphatic carbocycles. The van der Waals surface area contributed by atoms with Crippen molar-refractivity contribution in [3.05, 3.63) is 48.0 Å². The van der Waals surface area contributed by atoms with E-state index in [2.05, 4.69) is 0 Å². The molecule has 1 unspecified atom stereocenters. The van der Waals surface area contributed by atoms with Gasteiger partial charge < -0.3 is 19.7 Å². The minimum absolute atomic E-state index is 0.00311. The third-order valence-electron chi connectivity index (χ3n) is 3.46. The molecule has 3 rings (SSSR count). The molecule has 0 spiro atoms. The standard InChI is InChI=1S/C14H16O4/c15-11-7-6-10-8-17-14(18-13(10)12(11)16)9-4-2-1-3-5-9/h1-7,10-16H,8H2/t10-,11+,12-,13-,14?/m1/s1.